The van der Waals surface area contributed by atoms with E-state index in [1.165, 1.54) is 24.1 Å². The molecule has 0 heterocycles. The van der Waals surface area contributed by atoms with Crippen LogP contribution in [0.15, 0.2) is 22.7 Å². The summed E-state index contributed by atoms with van der Waals surface area (Å²) in [5.41, 5.74) is 2.71. The van der Waals surface area contributed by atoms with E-state index in [0.29, 0.717) is 0 Å². The number of nitrogens with zero attached hydrogens (tertiary/aromatic N) is 1. The Bertz CT molecular complexity index is 379. The lowest BCUT2D eigenvalue weighted by molar-refractivity contribution is 0.558. The molecular weight excluding hydrogens is 300 g/mol. The molecule has 0 spiro atoms. The lowest BCUT2D eigenvalue weighted by Gasteiger charge is -2.26. The molecule has 0 aliphatic carbocycles. The minimum atomic E-state index is 0.723. The topological polar surface area (TPSA) is 15.3 Å². The van der Waals surface area contributed by atoms with Crippen molar-refractivity contribution in [2.24, 2.45) is 5.92 Å². The second kappa shape index (κ2) is 8.60. The van der Waals surface area contributed by atoms with Crippen molar-refractivity contribution in [1.82, 2.24) is 5.32 Å². The fraction of sp³-hybridized carbons (Fsp3) is 0.625. The largest absolute Gasteiger partial charge is 0.374 e. The third kappa shape index (κ3) is 5.53. The number of nitrogens with one attached hydrogen (secondary N) is 1. The Hall–Kier alpha value is -0.540. The van der Waals surface area contributed by atoms with Crippen molar-refractivity contribution in [2.75, 3.05) is 25.0 Å². The van der Waals surface area contributed by atoms with Gasteiger partial charge in [0.25, 0.3) is 0 Å². The second-order valence-corrected chi connectivity index (χ2v) is 6.26. The third-order valence-corrected chi connectivity index (χ3v) is 3.98. The van der Waals surface area contributed by atoms with Gasteiger partial charge in [-0.05, 0) is 36.6 Å². The molecule has 1 aromatic carbocycles. The fourth-order valence-electron chi connectivity index (χ4n) is 2.14. The van der Waals surface area contributed by atoms with E-state index in [-0.39, 0.29) is 0 Å². The lowest BCUT2D eigenvalue weighted by Crippen LogP contribution is -2.26. The Balaban J connectivity index is 2.80. The van der Waals surface area contributed by atoms with E-state index < -0.39 is 0 Å². The summed E-state index contributed by atoms with van der Waals surface area (Å²) in [4.78, 5) is 2.38. The molecule has 0 saturated carbocycles. The van der Waals surface area contributed by atoms with Crippen molar-refractivity contribution in [1.29, 1.82) is 0 Å². The van der Waals surface area contributed by atoms with Crippen molar-refractivity contribution in [3.05, 3.63) is 28.2 Å². The van der Waals surface area contributed by atoms with Crippen molar-refractivity contribution < 1.29 is 0 Å². The number of benzene rings is 1. The number of hydrogen-bond acceptors (Lipinski definition) is 2. The van der Waals surface area contributed by atoms with E-state index in [1.807, 2.05) is 0 Å². The third-order valence-electron chi connectivity index (χ3n) is 3.48. The number of hydrogen-bond donors (Lipinski definition) is 1. The SMILES string of the molecule is CCCNCc1ccc(Br)cc1N(C)CC(C)CC. The molecule has 0 aliphatic heterocycles. The molecule has 0 fully saturated rings. The van der Waals surface area contributed by atoms with Gasteiger partial charge in [-0.2, -0.15) is 0 Å². The average Bonchev–Trinajstić information content (AvgIpc) is 2.40. The zero-order valence-corrected chi connectivity index (χ0v) is 14.3. The van der Waals surface area contributed by atoms with Gasteiger partial charge >= 0.3 is 0 Å². The van der Waals surface area contributed by atoms with Gasteiger partial charge in [-0.25, -0.2) is 0 Å². The molecule has 0 amide bonds. The maximum atomic E-state index is 3.58. The van der Waals surface area contributed by atoms with Crippen LogP contribution in [-0.2, 0) is 6.54 Å². The Morgan fingerprint density at radius 1 is 1.32 bits per heavy atom. The molecule has 108 valence electrons. The average molecular weight is 327 g/mol. The van der Waals surface area contributed by atoms with E-state index in [1.54, 1.807) is 0 Å². The van der Waals surface area contributed by atoms with Gasteiger partial charge in [0.2, 0.25) is 0 Å². The van der Waals surface area contributed by atoms with Crippen LogP contribution in [0.4, 0.5) is 5.69 Å². The first-order valence-corrected chi connectivity index (χ1v) is 8.08. The summed E-state index contributed by atoms with van der Waals surface area (Å²) < 4.78 is 1.15. The smallest absolute Gasteiger partial charge is 0.0420 e. The molecule has 2 nitrogen and oxygen atoms in total. The van der Waals surface area contributed by atoms with Gasteiger partial charge in [-0.3, -0.25) is 0 Å². The standard InChI is InChI=1S/C16H27BrN2/c1-5-9-18-11-14-7-8-15(17)10-16(14)19(4)12-13(3)6-2/h7-8,10,13,18H,5-6,9,11-12H2,1-4H3. The molecule has 1 N–H and O–H groups in total. The summed E-state index contributed by atoms with van der Waals surface area (Å²) in [5.74, 6) is 0.723. The van der Waals surface area contributed by atoms with E-state index in [0.717, 1.165) is 30.0 Å². The summed E-state index contributed by atoms with van der Waals surface area (Å²) in [5, 5.41) is 3.49. The molecule has 0 bridgehead atoms. The molecule has 3 heteroatoms. The van der Waals surface area contributed by atoms with Gasteiger partial charge in [0.1, 0.15) is 0 Å². The number of halogens is 1. The summed E-state index contributed by atoms with van der Waals surface area (Å²) in [6.45, 7) is 9.89. The van der Waals surface area contributed by atoms with Gasteiger partial charge in [0.15, 0.2) is 0 Å². The molecule has 0 radical (unpaired) electrons. The first-order chi connectivity index (χ1) is 9.08. The molecule has 0 saturated heterocycles. The molecule has 1 atom stereocenters. The van der Waals surface area contributed by atoms with Gasteiger partial charge in [-0.15, -0.1) is 0 Å². The van der Waals surface area contributed by atoms with Crippen molar-refractivity contribution in [3.63, 3.8) is 0 Å². The first-order valence-electron chi connectivity index (χ1n) is 7.28. The van der Waals surface area contributed by atoms with Crippen LogP contribution in [-0.4, -0.2) is 20.1 Å². The Labute approximate surface area is 126 Å². The van der Waals surface area contributed by atoms with Crippen LogP contribution >= 0.6 is 15.9 Å². The molecule has 1 aromatic rings. The number of rotatable bonds is 8. The lowest BCUT2D eigenvalue weighted by atomic mass is 10.1. The highest BCUT2D eigenvalue weighted by Gasteiger charge is 2.10. The monoisotopic (exact) mass is 326 g/mol. The van der Waals surface area contributed by atoms with Crippen molar-refractivity contribution in [2.45, 2.75) is 40.2 Å². The van der Waals surface area contributed by atoms with Crippen LogP contribution in [0.3, 0.4) is 0 Å². The molecule has 19 heavy (non-hydrogen) atoms. The Kier molecular flexibility index (Phi) is 7.47. The molecular formula is C16H27BrN2. The predicted octanol–water partition coefficient (Wildman–Crippen LogP) is 4.43. The minimum Gasteiger partial charge on any atom is -0.374 e. The second-order valence-electron chi connectivity index (χ2n) is 5.34. The Morgan fingerprint density at radius 3 is 2.68 bits per heavy atom. The Morgan fingerprint density at radius 2 is 2.05 bits per heavy atom. The minimum absolute atomic E-state index is 0.723. The molecule has 0 aromatic heterocycles. The van der Waals surface area contributed by atoms with Crippen LogP contribution in [0.5, 0.6) is 0 Å². The predicted molar refractivity (Wildman–Crippen MR) is 88.9 cm³/mol. The summed E-state index contributed by atoms with van der Waals surface area (Å²) in [7, 11) is 2.19. The molecule has 0 aliphatic rings. The van der Waals surface area contributed by atoms with Gasteiger partial charge in [-0.1, -0.05) is 49.2 Å². The van der Waals surface area contributed by atoms with Crippen LogP contribution in [0.25, 0.3) is 0 Å². The summed E-state index contributed by atoms with van der Waals surface area (Å²) >= 11 is 3.58. The number of anilines is 1. The highest BCUT2D eigenvalue weighted by atomic mass is 79.9. The maximum Gasteiger partial charge on any atom is 0.0420 e. The highest BCUT2D eigenvalue weighted by Crippen LogP contribution is 2.25. The van der Waals surface area contributed by atoms with Crippen LogP contribution in [0, 0.1) is 5.92 Å². The summed E-state index contributed by atoms with van der Waals surface area (Å²) in [6, 6.07) is 6.57. The van der Waals surface area contributed by atoms with E-state index in [2.05, 4.69) is 72.2 Å². The first kappa shape index (κ1) is 16.5. The zero-order valence-electron chi connectivity index (χ0n) is 12.7. The zero-order chi connectivity index (χ0) is 14.3. The quantitative estimate of drug-likeness (QED) is 0.711. The maximum absolute atomic E-state index is 3.58. The van der Waals surface area contributed by atoms with Crippen LogP contribution < -0.4 is 10.2 Å². The van der Waals surface area contributed by atoms with Crippen LogP contribution in [0.2, 0.25) is 0 Å². The highest BCUT2D eigenvalue weighted by molar-refractivity contribution is 9.10. The molecule has 1 rings (SSSR count). The van der Waals surface area contributed by atoms with Gasteiger partial charge < -0.3 is 10.2 Å². The summed E-state index contributed by atoms with van der Waals surface area (Å²) in [6.07, 6.45) is 2.40. The van der Waals surface area contributed by atoms with E-state index in [9.17, 15) is 0 Å². The normalized spacial score (nSPS) is 12.5. The van der Waals surface area contributed by atoms with Crippen molar-refractivity contribution >= 4 is 21.6 Å². The van der Waals surface area contributed by atoms with Crippen molar-refractivity contribution in [3.8, 4) is 0 Å². The van der Waals surface area contributed by atoms with E-state index in [4.69, 9.17) is 0 Å². The van der Waals surface area contributed by atoms with E-state index >= 15 is 0 Å². The molecule has 1 unspecified atom stereocenters. The van der Waals surface area contributed by atoms with Gasteiger partial charge in [0.05, 0.1) is 0 Å². The van der Waals surface area contributed by atoms with Gasteiger partial charge in [0, 0.05) is 30.3 Å². The fourth-order valence-corrected chi connectivity index (χ4v) is 2.49. The van der Waals surface area contributed by atoms with Crippen LogP contribution in [0.1, 0.15) is 39.2 Å².